The van der Waals surface area contributed by atoms with E-state index >= 15 is 0 Å². The van der Waals surface area contributed by atoms with Crippen LogP contribution >= 0.6 is 11.3 Å². The van der Waals surface area contributed by atoms with Crippen LogP contribution in [0.3, 0.4) is 0 Å². The fourth-order valence-electron chi connectivity index (χ4n) is 2.56. The van der Waals surface area contributed by atoms with Gasteiger partial charge in [-0.3, -0.25) is 0 Å². The molecule has 26 heteroatoms. The number of hydrogen-bond acceptors (Lipinski definition) is 1. The van der Waals surface area contributed by atoms with Crippen LogP contribution < -0.4 is 0 Å². The van der Waals surface area contributed by atoms with Crippen LogP contribution in [0.1, 0.15) is 4.88 Å². The van der Waals surface area contributed by atoms with E-state index < -0.39 is 87.5 Å². The van der Waals surface area contributed by atoms with E-state index in [1.54, 1.807) is 0 Å². The predicted octanol–water partition coefficient (Wildman–Crippen LogP) is 9.76. The minimum absolute atomic E-state index is 0.268. The summed E-state index contributed by atoms with van der Waals surface area (Å²) in [7, 11) is 0. The normalized spacial score (nSPS) is 16.7. The smallest absolute Gasteiger partial charge is 0.193 e. The monoisotopic (exact) mass is 702 g/mol. The Hall–Kier alpha value is -2.05. The minimum Gasteiger partial charge on any atom is -0.193 e. The molecule has 1 heterocycles. The van der Waals surface area contributed by atoms with Crippen molar-refractivity contribution in [3.05, 3.63) is 22.4 Å². The van der Waals surface area contributed by atoms with Crippen LogP contribution in [-0.4, -0.2) is 65.4 Å². The van der Waals surface area contributed by atoms with Crippen molar-refractivity contribution in [3.8, 4) is 0 Å². The number of halogens is 25. The van der Waals surface area contributed by atoms with E-state index in [1.807, 2.05) is 0 Å². The van der Waals surface area contributed by atoms with Crippen LogP contribution in [-0.2, 0) is 5.92 Å². The van der Waals surface area contributed by atoms with E-state index in [1.165, 1.54) is 0 Å². The van der Waals surface area contributed by atoms with Crippen molar-refractivity contribution < 1.29 is 110 Å². The molecular formula is C16H3F25S. The zero-order valence-corrected chi connectivity index (χ0v) is 18.9. The maximum absolute atomic E-state index is 13.8. The second-order valence-electron chi connectivity index (χ2n) is 7.79. The summed E-state index contributed by atoms with van der Waals surface area (Å²) < 4.78 is 334. The molecule has 248 valence electrons. The Kier molecular flexibility index (Phi) is 8.57. The molecule has 1 rings (SSSR count). The summed E-state index contributed by atoms with van der Waals surface area (Å²) in [5.41, 5.74) is 0. The molecule has 0 nitrogen and oxygen atoms in total. The molecule has 0 aliphatic carbocycles. The first-order valence-corrected chi connectivity index (χ1v) is 10.00. The predicted molar refractivity (Wildman–Crippen MR) is 83.7 cm³/mol. The van der Waals surface area contributed by atoms with Crippen LogP contribution in [0, 0.1) is 0 Å². The number of rotatable bonds is 11. The average molecular weight is 702 g/mol. The van der Waals surface area contributed by atoms with Gasteiger partial charge in [-0.15, -0.1) is 11.3 Å². The fraction of sp³-hybridized carbons (Fsp3) is 0.750. The van der Waals surface area contributed by atoms with Crippen molar-refractivity contribution in [3.63, 3.8) is 0 Å². The third kappa shape index (κ3) is 4.29. The van der Waals surface area contributed by atoms with Crippen molar-refractivity contribution in [1.82, 2.24) is 0 Å². The highest BCUT2D eigenvalue weighted by molar-refractivity contribution is 7.10. The van der Waals surface area contributed by atoms with Gasteiger partial charge in [0.15, 0.2) is 0 Å². The van der Waals surface area contributed by atoms with Crippen molar-refractivity contribution >= 4 is 11.3 Å². The number of alkyl halides is 25. The maximum atomic E-state index is 13.8. The molecule has 1 aromatic heterocycles. The summed E-state index contributed by atoms with van der Waals surface area (Å²) in [6, 6.07) is -0.0445. The molecule has 0 saturated heterocycles. The van der Waals surface area contributed by atoms with E-state index in [2.05, 4.69) is 0 Å². The van der Waals surface area contributed by atoms with Gasteiger partial charge in [-0.05, 0) is 11.4 Å². The Balaban J connectivity index is 3.89. The van der Waals surface area contributed by atoms with Gasteiger partial charge in [0.2, 0.25) is 0 Å². The zero-order chi connectivity index (χ0) is 34.4. The lowest BCUT2D eigenvalue weighted by Crippen LogP contribution is -2.78. The molecule has 0 aromatic carbocycles. The van der Waals surface area contributed by atoms with Gasteiger partial charge in [0.05, 0.1) is 4.88 Å². The molecule has 0 fully saturated rings. The van der Waals surface area contributed by atoms with Gasteiger partial charge in [-0.2, -0.15) is 110 Å². The quantitative estimate of drug-likeness (QED) is 0.202. The van der Waals surface area contributed by atoms with Gasteiger partial charge in [0.25, 0.3) is 0 Å². The third-order valence-electron chi connectivity index (χ3n) is 5.13. The summed E-state index contributed by atoms with van der Waals surface area (Å²) in [5, 5.41) is 0.291. The van der Waals surface area contributed by atoms with Crippen molar-refractivity contribution in [2.45, 2.75) is 71.3 Å². The summed E-state index contributed by atoms with van der Waals surface area (Å²) in [4.78, 5) is -2.46. The van der Waals surface area contributed by atoms with Crippen LogP contribution in [0.2, 0.25) is 0 Å². The molecule has 0 saturated carbocycles. The lowest BCUT2D eigenvalue weighted by Gasteiger charge is -2.45. The molecule has 0 bridgehead atoms. The molecule has 0 unspecified atom stereocenters. The molecule has 0 atom stereocenters. The van der Waals surface area contributed by atoms with Gasteiger partial charge in [-0.1, -0.05) is 6.07 Å². The first kappa shape index (κ1) is 38.0. The topological polar surface area (TPSA) is 0 Å². The largest absolute Gasteiger partial charge is 0.460 e. The second-order valence-corrected chi connectivity index (χ2v) is 8.74. The molecule has 0 aliphatic rings. The molecule has 0 spiro atoms. The van der Waals surface area contributed by atoms with Crippen molar-refractivity contribution in [2.24, 2.45) is 0 Å². The van der Waals surface area contributed by atoms with Gasteiger partial charge in [-0.25, -0.2) is 0 Å². The Morgan fingerprint density at radius 3 is 0.786 bits per heavy atom. The maximum Gasteiger partial charge on any atom is 0.460 e. The minimum atomic E-state index is -9.58. The SMILES string of the molecule is FC(F)(F)C(F)(F)C(F)(F)C(F)(F)C(F)(F)C(F)(F)C(F)(F)C(F)(F)C(F)(F)C(F)(F)C(F)(F)C(F)(F)c1cccs1. The third-order valence-corrected chi connectivity index (χ3v) is 6.07. The van der Waals surface area contributed by atoms with E-state index in [0.29, 0.717) is 5.38 Å². The first-order chi connectivity index (χ1) is 17.9. The van der Waals surface area contributed by atoms with Crippen LogP contribution in [0.15, 0.2) is 17.5 Å². The lowest BCUT2D eigenvalue weighted by molar-refractivity contribution is -0.482. The van der Waals surface area contributed by atoms with Crippen LogP contribution in [0.5, 0.6) is 0 Å². The molecule has 0 amide bonds. The van der Waals surface area contributed by atoms with E-state index in [4.69, 9.17) is 0 Å². The zero-order valence-electron chi connectivity index (χ0n) is 18.1. The Morgan fingerprint density at radius 1 is 0.333 bits per heavy atom. The summed E-state index contributed by atoms with van der Waals surface area (Å²) in [6.07, 6.45) is -8.16. The molecule has 0 aliphatic heterocycles. The molecule has 0 radical (unpaired) electrons. The summed E-state index contributed by atoms with van der Waals surface area (Å²) in [5.74, 6) is -98.1. The standard InChI is InChI=1S/C16H3F25S/c17-5(18,4-2-1-3-42-4)6(19,20)7(21,22)8(23,24)9(25,26)10(27,28)11(29,30)12(31,32)13(33,34)14(35,36)15(37,38)16(39,40)41/h1-3H. The Morgan fingerprint density at radius 2 is 0.571 bits per heavy atom. The number of hydrogen-bond donors (Lipinski definition) is 0. The molecule has 42 heavy (non-hydrogen) atoms. The van der Waals surface area contributed by atoms with E-state index in [0.717, 1.165) is 0 Å². The molecular weight excluding hydrogens is 699 g/mol. The van der Waals surface area contributed by atoms with Crippen molar-refractivity contribution in [1.29, 1.82) is 0 Å². The van der Waals surface area contributed by atoms with Gasteiger partial charge < -0.3 is 0 Å². The number of thiophene rings is 1. The summed E-state index contributed by atoms with van der Waals surface area (Å²) in [6.45, 7) is 0. The van der Waals surface area contributed by atoms with Gasteiger partial charge in [0.1, 0.15) is 0 Å². The average Bonchev–Trinajstić information content (AvgIpc) is 3.32. The summed E-state index contributed by atoms with van der Waals surface area (Å²) >= 11 is -0.746. The van der Waals surface area contributed by atoms with Crippen LogP contribution in [0.4, 0.5) is 110 Å². The van der Waals surface area contributed by atoms with E-state index in [9.17, 15) is 110 Å². The van der Waals surface area contributed by atoms with Crippen molar-refractivity contribution in [2.75, 3.05) is 0 Å². The second kappa shape index (κ2) is 9.47. The molecule has 1 aromatic rings. The highest BCUT2D eigenvalue weighted by Gasteiger charge is 2.99. The highest BCUT2D eigenvalue weighted by Crippen LogP contribution is 2.68. The van der Waals surface area contributed by atoms with E-state index in [-0.39, 0.29) is 12.1 Å². The Bertz CT molecular complexity index is 1110. The first-order valence-electron chi connectivity index (χ1n) is 9.12. The van der Waals surface area contributed by atoms with Gasteiger partial charge in [0, 0.05) is 0 Å². The highest BCUT2D eigenvalue weighted by atomic mass is 32.1. The lowest BCUT2D eigenvalue weighted by atomic mass is 9.84. The Labute approximate surface area is 216 Å². The molecule has 0 N–H and O–H groups in total. The van der Waals surface area contributed by atoms with Gasteiger partial charge >= 0.3 is 71.3 Å². The van der Waals surface area contributed by atoms with Crippen LogP contribution in [0.25, 0.3) is 0 Å². The fourth-order valence-corrected chi connectivity index (χ4v) is 3.30.